The van der Waals surface area contributed by atoms with Gasteiger partial charge in [-0.1, -0.05) is 55.8 Å². The molecule has 0 aliphatic heterocycles. The minimum atomic E-state index is 0.538. The standard InChI is InChI=1S/C16H17ClO/c1-12(2)14-6-3-5-13(9-14)11-18-16-8-4-7-15(17)10-16/h3-10,12H,11H2,1-2H3. The Labute approximate surface area is 113 Å². The molecule has 0 aliphatic carbocycles. The monoisotopic (exact) mass is 260 g/mol. The molecular weight excluding hydrogens is 244 g/mol. The lowest BCUT2D eigenvalue weighted by Crippen LogP contribution is -1.97. The third-order valence-corrected chi connectivity index (χ3v) is 3.05. The van der Waals surface area contributed by atoms with Crippen LogP contribution in [0.1, 0.15) is 30.9 Å². The maximum absolute atomic E-state index is 5.91. The molecule has 0 spiro atoms. The first-order valence-corrected chi connectivity index (χ1v) is 6.50. The van der Waals surface area contributed by atoms with Gasteiger partial charge in [0.05, 0.1) is 0 Å². The summed E-state index contributed by atoms with van der Waals surface area (Å²) in [5.74, 6) is 1.34. The van der Waals surface area contributed by atoms with E-state index in [9.17, 15) is 0 Å². The lowest BCUT2D eigenvalue weighted by atomic mass is 10.0. The van der Waals surface area contributed by atoms with E-state index in [1.54, 1.807) is 0 Å². The Kier molecular flexibility index (Phi) is 4.27. The quantitative estimate of drug-likeness (QED) is 0.748. The van der Waals surface area contributed by atoms with Crippen molar-refractivity contribution in [3.05, 3.63) is 64.7 Å². The highest BCUT2D eigenvalue weighted by Gasteiger charge is 2.01. The van der Waals surface area contributed by atoms with Crippen LogP contribution in [0.25, 0.3) is 0 Å². The smallest absolute Gasteiger partial charge is 0.121 e. The number of hydrogen-bond acceptors (Lipinski definition) is 1. The van der Waals surface area contributed by atoms with Crippen LogP contribution in [0.4, 0.5) is 0 Å². The van der Waals surface area contributed by atoms with E-state index in [2.05, 4.69) is 38.1 Å². The maximum atomic E-state index is 5.91. The fraction of sp³-hybridized carbons (Fsp3) is 0.250. The fourth-order valence-electron chi connectivity index (χ4n) is 1.77. The van der Waals surface area contributed by atoms with Crippen LogP contribution in [0.3, 0.4) is 0 Å². The van der Waals surface area contributed by atoms with Crippen molar-refractivity contribution in [3.8, 4) is 5.75 Å². The molecule has 0 atom stereocenters. The highest BCUT2D eigenvalue weighted by Crippen LogP contribution is 2.20. The number of hydrogen-bond donors (Lipinski definition) is 0. The van der Waals surface area contributed by atoms with Crippen molar-refractivity contribution >= 4 is 11.6 Å². The van der Waals surface area contributed by atoms with Crippen LogP contribution in [0.2, 0.25) is 5.02 Å². The third kappa shape index (κ3) is 3.51. The van der Waals surface area contributed by atoms with Gasteiger partial charge in [0.25, 0.3) is 0 Å². The first-order chi connectivity index (χ1) is 8.65. The summed E-state index contributed by atoms with van der Waals surface area (Å²) in [7, 11) is 0. The summed E-state index contributed by atoms with van der Waals surface area (Å²) in [6.07, 6.45) is 0. The van der Waals surface area contributed by atoms with Gasteiger partial charge in [0.15, 0.2) is 0 Å². The van der Waals surface area contributed by atoms with Gasteiger partial charge in [0, 0.05) is 5.02 Å². The van der Waals surface area contributed by atoms with Crippen molar-refractivity contribution in [1.82, 2.24) is 0 Å². The Morgan fingerprint density at radius 3 is 2.56 bits per heavy atom. The molecule has 2 rings (SSSR count). The number of rotatable bonds is 4. The van der Waals surface area contributed by atoms with Crippen molar-refractivity contribution in [3.63, 3.8) is 0 Å². The highest BCUT2D eigenvalue weighted by atomic mass is 35.5. The van der Waals surface area contributed by atoms with E-state index < -0.39 is 0 Å². The molecule has 0 heterocycles. The second-order valence-electron chi connectivity index (χ2n) is 4.65. The molecule has 2 heteroatoms. The van der Waals surface area contributed by atoms with Crippen LogP contribution in [0.15, 0.2) is 48.5 Å². The number of ether oxygens (including phenoxy) is 1. The zero-order valence-corrected chi connectivity index (χ0v) is 11.4. The summed E-state index contributed by atoms with van der Waals surface area (Å²) in [5, 5.41) is 0.698. The van der Waals surface area contributed by atoms with Gasteiger partial charge in [-0.25, -0.2) is 0 Å². The topological polar surface area (TPSA) is 9.23 Å². The van der Waals surface area contributed by atoms with E-state index in [0.717, 1.165) is 5.75 Å². The van der Waals surface area contributed by atoms with Gasteiger partial charge in [0.1, 0.15) is 12.4 Å². The predicted molar refractivity (Wildman–Crippen MR) is 76.3 cm³/mol. The van der Waals surface area contributed by atoms with Crippen LogP contribution < -0.4 is 4.74 Å². The number of benzene rings is 2. The van der Waals surface area contributed by atoms with Gasteiger partial charge in [-0.2, -0.15) is 0 Å². The molecule has 0 aromatic heterocycles. The van der Waals surface area contributed by atoms with Crippen molar-refractivity contribution in [2.24, 2.45) is 0 Å². The molecular formula is C16H17ClO. The Hall–Kier alpha value is -1.47. The van der Waals surface area contributed by atoms with Gasteiger partial charge in [-0.05, 0) is 35.2 Å². The lowest BCUT2D eigenvalue weighted by Gasteiger charge is -2.10. The maximum Gasteiger partial charge on any atom is 0.121 e. The van der Waals surface area contributed by atoms with E-state index >= 15 is 0 Å². The second kappa shape index (κ2) is 5.92. The molecule has 0 unspecified atom stereocenters. The molecule has 2 aromatic rings. The van der Waals surface area contributed by atoms with Gasteiger partial charge in [0.2, 0.25) is 0 Å². The lowest BCUT2D eigenvalue weighted by molar-refractivity contribution is 0.306. The van der Waals surface area contributed by atoms with Crippen LogP contribution in [-0.2, 0) is 6.61 Å². The molecule has 0 N–H and O–H groups in total. The third-order valence-electron chi connectivity index (χ3n) is 2.82. The Bertz CT molecular complexity index is 520. The summed E-state index contributed by atoms with van der Waals surface area (Å²) in [4.78, 5) is 0. The van der Waals surface area contributed by atoms with Crippen LogP contribution in [-0.4, -0.2) is 0 Å². The largest absolute Gasteiger partial charge is 0.489 e. The molecule has 0 amide bonds. The van der Waals surface area contributed by atoms with E-state index in [0.29, 0.717) is 17.5 Å². The summed E-state index contributed by atoms with van der Waals surface area (Å²) >= 11 is 5.91. The van der Waals surface area contributed by atoms with Crippen molar-refractivity contribution in [1.29, 1.82) is 0 Å². The van der Waals surface area contributed by atoms with E-state index in [1.807, 2.05) is 24.3 Å². The van der Waals surface area contributed by atoms with Crippen LogP contribution >= 0.6 is 11.6 Å². The normalized spacial score (nSPS) is 10.7. The van der Waals surface area contributed by atoms with Gasteiger partial charge in [-0.15, -0.1) is 0 Å². The first-order valence-electron chi connectivity index (χ1n) is 6.12. The summed E-state index contributed by atoms with van der Waals surface area (Å²) in [6, 6.07) is 16.0. The minimum Gasteiger partial charge on any atom is -0.489 e. The average molecular weight is 261 g/mol. The van der Waals surface area contributed by atoms with Crippen molar-refractivity contribution in [2.45, 2.75) is 26.4 Å². The van der Waals surface area contributed by atoms with E-state index in [4.69, 9.17) is 16.3 Å². The van der Waals surface area contributed by atoms with E-state index in [-0.39, 0.29) is 0 Å². The van der Waals surface area contributed by atoms with Gasteiger partial charge >= 0.3 is 0 Å². The van der Waals surface area contributed by atoms with Gasteiger partial charge < -0.3 is 4.74 Å². The SMILES string of the molecule is CC(C)c1cccc(COc2cccc(Cl)c2)c1. The minimum absolute atomic E-state index is 0.538. The Morgan fingerprint density at radius 1 is 1.06 bits per heavy atom. The summed E-state index contributed by atoms with van der Waals surface area (Å²) in [6.45, 7) is 4.95. The predicted octanol–water partition coefficient (Wildman–Crippen LogP) is 5.04. The van der Waals surface area contributed by atoms with Gasteiger partial charge in [-0.3, -0.25) is 0 Å². The molecule has 0 bridgehead atoms. The molecule has 18 heavy (non-hydrogen) atoms. The second-order valence-corrected chi connectivity index (χ2v) is 5.08. The molecule has 0 radical (unpaired) electrons. The van der Waals surface area contributed by atoms with Crippen molar-refractivity contribution < 1.29 is 4.74 Å². The molecule has 0 saturated heterocycles. The zero-order chi connectivity index (χ0) is 13.0. The van der Waals surface area contributed by atoms with Crippen molar-refractivity contribution in [2.75, 3.05) is 0 Å². The Balaban J connectivity index is 2.04. The molecule has 1 nitrogen and oxygen atoms in total. The molecule has 0 aliphatic rings. The van der Waals surface area contributed by atoms with E-state index in [1.165, 1.54) is 11.1 Å². The van der Waals surface area contributed by atoms with Crippen LogP contribution in [0, 0.1) is 0 Å². The first kappa shape index (κ1) is 13.0. The summed E-state index contributed by atoms with van der Waals surface area (Å²) < 4.78 is 5.72. The highest BCUT2D eigenvalue weighted by molar-refractivity contribution is 6.30. The molecule has 94 valence electrons. The average Bonchev–Trinajstić information content (AvgIpc) is 2.37. The molecule has 2 aromatic carbocycles. The zero-order valence-electron chi connectivity index (χ0n) is 10.7. The van der Waals surface area contributed by atoms with Crippen LogP contribution in [0.5, 0.6) is 5.75 Å². The molecule has 0 saturated carbocycles. The molecule has 0 fully saturated rings. The Morgan fingerprint density at radius 2 is 1.83 bits per heavy atom. The fourth-order valence-corrected chi connectivity index (χ4v) is 1.95. The number of halogens is 1. The summed E-state index contributed by atoms with van der Waals surface area (Å²) in [5.41, 5.74) is 2.52.